The first-order valence-corrected chi connectivity index (χ1v) is 16.6. The van der Waals surface area contributed by atoms with Crippen molar-refractivity contribution in [2.45, 2.75) is 76.4 Å². The van der Waals surface area contributed by atoms with Gasteiger partial charge in [0.25, 0.3) is 11.8 Å². The summed E-state index contributed by atoms with van der Waals surface area (Å²) < 4.78 is 26.9. The van der Waals surface area contributed by atoms with Gasteiger partial charge in [-0.15, -0.1) is 0 Å². The standard InChI is InChI=1S/C29H43N7O5S/c1-35-26(30)24(18-32-35)28(38)31-17-21-10-13-22(14-11-21)27(37)34-25(15-12-20-7-4-3-5-8-20)29(39)33-23-9-6-16-36(19-23)42(2,40)41/h10-11,13-14,18,20,23,25H,3-9,12,15-17,19,30H2,1-2H3,(H,31,38)(H,33,39)(H,34,37)/t23?,25-/m0/s1. The fourth-order valence-electron chi connectivity index (χ4n) is 5.73. The maximum Gasteiger partial charge on any atom is 0.256 e. The van der Waals surface area contributed by atoms with Crippen LogP contribution >= 0.6 is 0 Å². The molecule has 4 rings (SSSR count). The number of rotatable bonds is 11. The smallest absolute Gasteiger partial charge is 0.256 e. The lowest BCUT2D eigenvalue weighted by molar-refractivity contribution is -0.124. The first kappa shape index (κ1) is 31.5. The van der Waals surface area contributed by atoms with Crippen molar-refractivity contribution in [2.75, 3.05) is 25.1 Å². The largest absolute Gasteiger partial charge is 0.383 e. The number of nitrogens with zero attached hydrogens (tertiary/aromatic N) is 3. The molecule has 5 N–H and O–H groups in total. The Bertz CT molecular complexity index is 1350. The second-order valence-electron chi connectivity index (χ2n) is 11.5. The summed E-state index contributed by atoms with van der Waals surface area (Å²) in [6, 6.07) is 5.80. The molecule has 3 amide bonds. The molecule has 1 saturated heterocycles. The molecule has 0 bridgehead atoms. The number of piperidine rings is 1. The van der Waals surface area contributed by atoms with E-state index in [1.165, 1.54) is 40.7 Å². The normalized spacial score (nSPS) is 19.1. The van der Waals surface area contributed by atoms with Crippen LogP contribution in [0.25, 0.3) is 0 Å². The molecule has 2 atom stereocenters. The Morgan fingerprint density at radius 2 is 1.76 bits per heavy atom. The topological polar surface area (TPSA) is 169 Å². The summed E-state index contributed by atoms with van der Waals surface area (Å²) >= 11 is 0. The summed E-state index contributed by atoms with van der Waals surface area (Å²) in [7, 11) is -1.69. The number of benzene rings is 1. The van der Waals surface area contributed by atoms with E-state index in [4.69, 9.17) is 5.73 Å². The fourth-order valence-corrected chi connectivity index (χ4v) is 6.64. The number of nitrogens with one attached hydrogen (secondary N) is 3. The molecule has 1 aliphatic heterocycles. The van der Waals surface area contributed by atoms with Gasteiger partial charge in [-0.05, 0) is 49.3 Å². The highest BCUT2D eigenvalue weighted by molar-refractivity contribution is 7.88. The predicted molar refractivity (Wildman–Crippen MR) is 160 cm³/mol. The highest BCUT2D eigenvalue weighted by atomic mass is 32.2. The third-order valence-corrected chi connectivity index (χ3v) is 9.58. The molecule has 12 nitrogen and oxygen atoms in total. The van der Waals surface area contributed by atoms with Crippen molar-refractivity contribution in [1.82, 2.24) is 30.0 Å². The lowest BCUT2D eigenvalue weighted by atomic mass is 9.85. The van der Waals surface area contributed by atoms with Crippen LogP contribution in [0, 0.1) is 5.92 Å². The summed E-state index contributed by atoms with van der Waals surface area (Å²) in [6.07, 6.45) is 11.2. The van der Waals surface area contributed by atoms with E-state index in [1.54, 1.807) is 31.3 Å². The molecule has 13 heteroatoms. The lowest BCUT2D eigenvalue weighted by Gasteiger charge is -2.32. The molecule has 2 heterocycles. The zero-order valence-electron chi connectivity index (χ0n) is 24.5. The molecule has 2 fully saturated rings. The molecule has 42 heavy (non-hydrogen) atoms. The second-order valence-corrected chi connectivity index (χ2v) is 13.5. The maximum atomic E-state index is 13.4. The minimum absolute atomic E-state index is 0.235. The van der Waals surface area contributed by atoms with Crippen molar-refractivity contribution in [3.05, 3.63) is 47.2 Å². The second kappa shape index (κ2) is 14.1. The monoisotopic (exact) mass is 601 g/mol. The Balaban J connectivity index is 1.36. The van der Waals surface area contributed by atoms with Gasteiger partial charge in [-0.3, -0.25) is 19.1 Å². The van der Waals surface area contributed by atoms with E-state index in [-0.39, 0.29) is 42.7 Å². The van der Waals surface area contributed by atoms with Crippen LogP contribution in [-0.4, -0.2) is 71.7 Å². The Kier molecular flexibility index (Phi) is 10.6. The van der Waals surface area contributed by atoms with Crippen molar-refractivity contribution < 1.29 is 22.8 Å². The van der Waals surface area contributed by atoms with E-state index in [1.807, 2.05) is 0 Å². The van der Waals surface area contributed by atoms with Gasteiger partial charge < -0.3 is 21.7 Å². The van der Waals surface area contributed by atoms with Crippen molar-refractivity contribution >= 4 is 33.6 Å². The van der Waals surface area contributed by atoms with E-state index >= 15 is 0 Å². The summed E-state index contributed by atoms with van der Waals surface area (Å²) in [5.41, 5.74) is 7.36. The number of aryl methyl sites for hydroxylation is 1. The van der Waals surface area contributed by atoms with Gasteiger partial charge in [0.15, 0.2) is 0 Å². The number of nitrogen functional groups attached to an aromatic ring is 1. The van der Waals surface area contributed by atoms with Gasteiger partial charge in [-0.2, -0.15) is 5.10 Å². The van der Waals surface area contributed by atoms with E-state index in [0.717, 1.165) is 24.8 Å². The Labute approximate surface area is 247 Å². The first-order valence-electron chi connectivity index (χ1n) is 14.7. The van der Waals surface area contributed by atoms with Gasteiger partial charge in [-0.1, -0.05) is 44.2 Å². The lowest BCUT2D eigenvalue weighted by Crippen LogP contribution is -2.54. The van der Waals surface area contributed by atoms with Crippen molar-refractivity contribution in [2.24, 2.45) is 13.0 Å². The van der Waals surface area contributed by atoms with Gasteiger partial charge >= 0.3 is 0 Å². The zero-order chi connectivity index (χ0) is 30.3. The molecular weight excluding hydrogens is 558 g/mol. The number of nitrogens with two attached hydrogens (primary N) is 1. The van der Waals surface area contributed by atoms with Crippen LogP contribution in [0.4, 0.5) is 5.82 Å². The van der Waals surface area contributed by atoms with Gasteiger partial charge in [0.2, 0.25) is 15.9 Å². The summed E-state index contributed by atoms with van der Waals surface area (Å²) in [5, 5.41) is 12.7. The molecule has 2 aliphatic rings. The third-order valence-electron chi connectivity index (χ3n) is 8.31. The predicted octanol–water partition coefficient (Wildman–Crippen LogP) is 1.93. The molecule has 2 aromatic rings. The SMILES string of the molecule is Cn1ncc(C(=O)NCc2ccc(C(=O)N[C@@H](CCC3CCCCC3)C(=O)NC3CCCN(S(C)(=O)=O)C3)cc2)c1N. The maximum absolute atomic E-state index is 13.4. The summed E-state index contributed by atoms with van der Waals surface area (Å²) in [4.78, 5) is 39.0. The third kappa shape index (κ3) is 8.54. The Morgan fingerprint density at radius 1 is 1.05 bits per heavy atom. The number of anilines is 1. The number of sulfonamides is 1. The number of aromatic nitrogens is 2. The number of hydrogen-bond donors (Lipinski definition) is 4. The molecular formula is C29H43N7O5S. The minimum atomic E-state index is -3.34. The van der Waals surface area contributed by atoms with Gasteiger partial charge in [0.1, 0.15) is 17.4 Å². The van der Waals surface area contributed by atoms with Crippen molar-refractivity contribution in [3.8, 4) is 0 Å². The number of hydrogen-bond acceptors (Lipinski definition) is 7. The summed E-state index contributed by atoms with van der Waals surface area (Å²) in [5.74, 6) is -0.171. The number of carbonyl (C=O) groups excluding carboxylic acids is 3. The van der Waals surface area contributed by atoms with Gasteiger partial charge in [0, 0.05) is 38.3 Å². The number of amides is 3. The Morgan fingerprint density at radius 3 is 2.40 bits per heavy atom. The summed E-state index contributed by atoms with van der Waals surface area (Å²) in [6.45, 7) is 0.927. The van der Waals surface area contributed by atoms with E-state index in [0.29, 0.717) is 42.9 Å². The minimum Gasteiger partial charge on any atom is -0.383 e. The van der Waals surface area contributed by atoms with Crippen LogP contribution in [0.3, 0.4) is 0 Å². The van der Waals surface area contributed by atoms with Crippen molar-refractivity contribution in [1.29, 1.82) is 0 Å². The first-order chi connectivity index (χ1) is 20.0. The molecule has 230 valence electrons. The molecule has 1 saturated carbocycles. The van der Waals surface area contributed by atoms with Gasteiger partial charge in [-0.25, -0.2) is 12.7 Å². The molecule has 0 spiro atoms. The zero-order valence-corrected chi connectivity index (χ0v) is 25.3. The average molecular weight is 602 g/mol. The van der Waals surface area contributed by atoms with Crippen LogP contribution in [0.1, 0.15) is 84.1 Å². The van der Waals surface area contributed by atoms with Crippen LogP contribution in [0.2, 0.25) is 0 Å². The Hall–Kier alpha value is -3.45. The van der Waals surface area contributed by atoms with E-state index in [9.17, 15) is 22.8 Å². The fraction of sp³-hybridized carbons (Fsp3) is 0.586. The molecule has 1 aromatic carbocycles. The van der Waals surface area contributed by atoms with Crippen LogP contribution in [0.5, 0.6) is 0 Å². The highest BCUT2D eigenvalue weighted by Gasteiger charge is 2.30. The van der Waals surface area contributed by atoms with Crippen LogP contribution in [0.15, 0.2) is 30.5 Å². The average Bonchev–Trinajstić information content (AvgIpc) is 3.31. The van der Waals surface area contributed by atoms with Crippen LogP contribution < -0.4 is 21.7 Å². The number of carbonyl (C=O) groups is 3. The van der Waals surface area contributed by atoms with Crippen LogP contribution in [-0.2, 0) is 28.4 Å². The van der Waals surface area contributed by atoms with Crippen molar-refractivity contribution in [3.63, 3.8) is 0 Å². The van der Waals surface area contributed by atoms with E-state index in [2.05, 4.69) is 21.0 Å². The molecule has 0 radical (unpaired) electrons. The molecule has 1 aromatic heterocycles. The highest BCUT2D eigenvalue weighted by Crippen LogP contribution is 2.28. The quantitative estimate of drug-likeness (QED) is 0.305. The molecule has 1 aliphatic carbocycles. The van der Waals surface area contributed by atoms with Gasteiger partial charge in [0.05, 0.1) is 12.5 Å². The van der Waals surface area contributed by atoms with E-state index < -0.39 is 16.1 Å². The molecule has 1 unspecified atom stereocenters.